The van der Waals surface area contributed by atoms with Crippen LogP contribution in [-0.4, -0.2) is 60.4 Å². The molecule has 0 radical (unpaired) electrons. The molecular formula is C14H23N5O2. The van der Waals surface area contributed by atoms with Crippen LogP contribution in [0.5, 0.6) is 0 Å². The zero-order chi connectivity index (χ0) is 15.2. The first-order chi connectivity index (χ1) is 10.1. The maximum atomic E-state index is 12.1. The van der Waals surface area contributed by atoms with Gasteiger partial charge in [-0.05, 0) is 6.92 Å². The summed E-state index contributed by atoms with van der Waals surface area (Å²) >= 11 is 0. The fourth-order valence-electron chi connectivity index (χ4n) is 2.26. The summed E-state index contributed by atoms with van der Waals surface area (Å²) in [6, 6.07) is 1.56. The summed E-state index contributed by atoms with van der Waals surface area (Å²) in [5, 5.41) is 7.35. The van der Waals surface area contributed by atoms with E-state index in [0.717, 1.165) is 38.4 Å². The molecule has 1 saturated heterocycles. The molecule has 7 nitrogen and oxygen atoms in total. The van der Waals surface area contributed by atoms with Crippen molar-refractivity contribution in [3.63, 3.8) is 0 Å². The van der Waals surface area contributed by atoms with Gasteiger partial charge in [-0.2, -0.15) is 5.10 Å². The Hall–Kier alpha value is -1.89. The molecule has 1 aliphatic rings. The Kier molecular flexibility index (Phi) is 5.32. The third kappa shape index (κ3) is 4.04. The molecule has 116 valence electrons. The third-order valence-corrected chi connectivity index (χ3v) is 3.78. The molecule has 7 heteroatoms. The monoisotopic (exact) mass is 293 g/mol. The van der Waals surface area contributed by atoms with Crippen LogP contribution in [0.25, 0.3) is 0 Å². The molecule has 1 amide bonds. The van der Waals surface area contributed by atoms with Gasteiger partial charge in [0.2, 0.25) is 5.91 Å². The number of nitrogens with zero attached hydrogens (tertiary/aromatic N) is 4. The summed E-state index contributed by atoms with van der Waals surface area (Å²) in [6.45, 7) is 6.30. The Bertz CT molecular complexity index is 536. The molecule has 1 N–H and O–H groups in total. The summed E-state index contributed by atoms with van der Waals surface area (Å²) < 4.78 is 1.35. The van der Waals surface area contributed by atoms with Crippen molar-refractivity contribution < 1.29 is 4.79 Å². The van der Waals surface area contributed by atoms with Crippen molar-refractivity contribution in [1.82, 2.24) is 20.0 Å². The van der Waals surface area contributed by atoms with Crippen molar-refractivity contribution in [2.75, 3.05) is 44.7 Å². The second-order valence-electron chi connectivity index (χ2n) is 5.17. The van der Waals surface area contributed by atoms with Crippen LogP contribution in [0.3, 0.4) is 0 Å². The lowest BCUT2D eigenvalue weighted by molar-refractivity contribution is -0.132. The van der Waals surface area contributed by atoms with Crippen LogP contribution < -0.4 is 15.8 Å². The van der Waals surface area contributed by atoms with Crippen LogP contribution in [0.1, 0.15) is 13.3 Å². The average molecular weight is 293 g/mol. The molecule has 1 aliphatic heterocycles. The van der Waals surface area contributed by atoms with E-state index >= 15 is 0 Å². The van der Waals surface area contributed by atoms with Crippen LogP contribution in [0.2, 0.25) is 0 Å². The predicted octanol–water partition coefficient (Wildman–Crippen LogP) is -0.479. The first-order valence-electron chi connectivity index (χ1n) is 7.38. The molecule has 0 atom stereocenters. The molecular weight excluding hydrogens is 270 g/mol. The fourth-order valence-corrected chi connectivity index (χ4v) is 2.26. The summed E-state index contributed by atoms with van der Waals surface area (Å²) in [6.07, 6.45) is 1.98. The number of aryl methyl sites for hydroxylation is 1. The van der Waals surface area contributed by atoms with E-state index in [1.807, 2.05) is 23.8 Å². The van der Waals surface area contributed by atoms with Gasteiger partial charge in [-0.1, -0.05) is 0 Å². The highest BCUT2D eigenvalue weighted by Gasteiger charge is 2.16. The van der Waals surface area contributed by atoms with Crippen LogP contribution in [0, 0.1) is 0 Å². The predicted molar refractivity (Wildman–Crippen MR) is 81.5 cm³/mol. The summed E-state index contributed by atoms with van der Waals surface area (Å²) in [5.74, 6) is 0.0833. The second kappa shape index (κ2) is 7.21. The first kappa shape index (κ1) is 15.5. The van der Waals surface area contributed by atoms with Crippen LogP contribution >= 0.6 is 0 Å². The lowest BCUT2D eigenvalue weighted by Gasteiger charge is -2.27. The zero-order valence-electron chi connectivity index (χ0n) is 12.7. The molecule has 0 spiro atoms. The minimum absolute atomic E-state index is 0.0833. The highest BCUT2D eigenvalue weighted by molar-refractivity contribution is 5.76. The molecule has 0 bridgehead atoms. The molecule has 0 saturated carbocycles. The standard InChI is InChI=1S/C14H23N5O2/c1-3-17(2)12-10-14(21)19(16-11-12)7-4-13(20)18-8-5-15-6-9-18/h10-11,15H,3-9H2,1-2H3. The van der Waals surface area contributed by atoms with Gasteiger partial charge in [-0.3, -0.25) is 9.59 Å². The first-order valence-corrected chi connectivity index (χ1v) is 7.38. The number of hydrogen-bond donors (Lipinski definition) is 1. The van der Waals surface area contributed by atoms with E-state index in [2.05, 4.69) is 10.4 Å². The highest BCUT2D eigenvalue weighted by atomic mass is 16.2. The van der Waals surface area contributed by atoms with Gasteiger partial charge in [0.05, 0.1) is 18.4 Å². The Morgan fingerprint density at radius 1 is 1.43 bits per heavy atom. The van der Waals surface area contributed by atoms with Crippen LogP contribution in [-0.2, 0) is 11.3 Å². The van der Waals surface area contributed by atoms with Crippen molar-refractivity contribution in [2.45, 2.75) is 19.9 Å². The van der Waals surface area contributed by atoms with Gasteiger partial charge in [-0.25, -0.2) is 4.68 Å². The number of amides is 1. The van der Waals surface area contributed by atoms with Gasteiger partial charge in [-0.15, -0.1) is 0 Å². The van der Waals surface area contributed by atoms with Crippen LogP contribution in [0.4, 0.5) is 5.69 Å². The van der Waals surface area contributed by atoms with E-state index in [9.17, 15) is 9.59 Å². The number of aromatic nitrogens is 2. The number of carbonyl (C=O) groups excluding carboxylic acids is 1. The van der Waals surface area contributed by atoms with Crippen molar-refractivity contribution >= 4 is 11.6 Å². The molecule has 2 rings (SSSR count). The maximum absolute atomic E-state index is 12.1. The van der Waals surface area contributed by atoms with Crippen molar-refractivity contribution in [3.8, 4) is 0 Å². The minimum Gasteiger partial charge on any atom is -0.373 e. The Balaban J connectivity index is 1.94. The topological polar surface area (TPSA) is 70.5 Å². The van der Waals surface area contributed by atoms with Crippen molar-refractivity contribution in [3.05, 3.63) is 22.6 Å². The maximum Gasteiger partial charge on any atom is 0.268 e. The highest BCUT2D eigenvalue weighted by Crippen LogP contribution is 2.06. The van der Waals surface area contributed by atoms with Gasteiger partial charge < -0.3 is 15.1 Å². The SMILES string of the molecule is CCN(C)c1cnn(CCC(=O)N2CCNCC2)c(=O)c1. The quantitative estimate of drug-likeness (QED) is 0.794. The fraction of sp³-hybridized carbons (Fsp3) is 0.643. The summed E-state index contributed by atoms with van der Waals surface area (Å²) in [4.78, 5) is 27.8. The van der Waals surface area contributed by atoms with Gasteiger partial charge in [0, 0.05) is 52.3 Å². The molecule has 1 aromatic rings. The van der Waals surface area contributed by atoms with E-state index in [0.29, 0.717) is 13.0 Å². The molecule has 1 aromatic heterocycles. The Labute approximate surface area is 124 Å². The number of rotatable bonds is 5. The van der Waals surface area contributed by atoms with Gasteiger partial charge in [0.25, 0.3) is 5.56 Å². The molecule has 2 heterocycles. The van der Waals surface area contributed by atoms with Gasteiger partial charge in [0.1, 0.15) is 0 Å². The zero-order valence-corrected chi connectivity index (χ0v) is 12.7. The lowest BCUT2D eigenvalue weighted by atomic mass is 10.3. The van der Waals surface area contributed by atoms with E-state index in [1.165, 1.54) is 4.68 Å². The van der Waals surface area contributed by atoms with E-state index < -0.39 is 0 Å². The van der Waals surface area contributed by atoms with Gasteiger partial charge in [0.15, 0.2) is 0 Å². The minimum atomic E-state index is -0.166. The molecule has 1 fully saturated rings. The van der Waals surface area contributed by atoms with Crippen molar-refractivity contribution in [1.29, 1.82) is 0 Å². The number of nitrogens with one attached hydrogen (secondary N) is 1. The molecule has 0 unspecified atom stereocenters. The molecule has 21 heavy (non-hydrogen) atoms. The van der Waals surface area contributed by atoms with Crippen molar-refractivity contribution in [2.24, 2.45) is 0 Å². The van der Waals surface area contributed by atoms with Gasteiger partial charge >= 0.3 is 0 Å². The average Bonchev–Trinajstić information content (AvgIpc) is 2.53. The normalized spacial score (nSPS) is 15.0. The number of hydrogen-bond acceptors (Lipinski definition) is 5. The number of piperazine rings is 1. The van der Waals surface area contributed by atoms with E-state index in [1.54, 1.807) is 12.3 Å². The summed E-state index contributed by atoms with van der Waals surface area (Å²) in [5.41, 5.74) is 0.632. The Morgan fingerprint density at radius 2 is 2.14 bits per heavy atom. The lowest BCUT2D eigenvalue weighted by Crippen LogP contribution is -2.46. The molecule has 0 aromatic carbocycles. The van der Waals surface area contributed by atoms with E-state index in [4.69, 9.17) is 0 Å². The second-order valence-corrected chi connectivity index (χ2v) is 5.17. The van der Waals surface area contributed by atoms with Crippen LogP contribution in [0.15, 0.2) is 17.1 Å². The number of carbonyl (C=O) groups is 1. The summed E-state index contributed by atoms with van der Waals surface area (Å²) in [7, 11) is 1.91. The molecule has 0 aliphatic carbocycles. The van der Waals surface area contributed by atoms with E-state index in [-0.39, 0.29) is 11.5 Å². The third-order valence-electron chi connectivity index (χ3n) is 3.78. The number of anilines is 1. The smallest absolute Gasteiger partial charge is 0.268 e. The Morgan fingerprint density at radius 3 is 2.76 bits per heavy atom. The largest absolute Gasteiger partial charge is 0.373 e.